The molecule has 4 nitrogen and oxygen atoms in total. The second-order valence-corrected chi connectivity index (χ2v) is 5.06. The summed E-state index contributed by atoms with van der Waals surface area (Å²) < 4.78 is 10.7. The number of ether oxygens (including phenoxy) is 2. The summed E-state index contributed by atoms with van der Waals surface area (Å²) in [6, 6.07) is 9.52. The lowest BCUT2D eigenvalue weighted by Gasteiger charge is -2.02. The molecule has 0 bridgehead atoms. The van der Waals surface area contributed by atoms with Crippen LogP contribution in [0.4, 0.5) is 0 Å². The fourth-order valence-corrected chi connectivity index (χ4v) is 2.51. The van der Waals surface area contributed by atoms with Crippen molar-refractivity contribution in [2.45, 2.75) is 20.1 Å². The number of Topliss-reactive ketones (excluding diaryl/α,β-unsaturated/α-hetero) is 1. The van der Waals surface area contributed by atoms with E-state index in [0.29, 0.717) is 23.8 Å². The van der Waals surface area contributed by atoms with Gasteiger partial charge in [0.05, 0.1) is 17.2 Å². The van der Waals surface area contributed by atoms with Crippen LogP contribution in [0.5, 0.6) is 5.75 Å². The molecule has 2 aromatic rings. The molecule has 0 unspecified atom stereocenters. The Kier molecular flexibility index (Phi) is 4.65. The quantitative estimate of drug-likeness (QED) is 0.761. The molecule has 0 aliphatic carbocycles. The van der Waals surface area contributed by atoms with Gasteiger partial charge in [-0.3, -0.25) is 4.79 Å². The number of thiazole rings is 1. The van der Waals surface area contributed by atoms with E-state index in [2.05, 4.69) is 4.98 Å². The van der Waals surface area contributed by atoms with Gasteiger partial charge in [0, 0.05) is 14.0 Å². The largest absolute Gasteiger partial charge is 0.486 e. The highest BCUT2D eigenvalue weighted by Gasteiger charge is 2.14. The Labute approximate surface area is 116 Å². The van der Waals surface area contributed by atoms with E-state index in [1.54, 1.807) is 7.11 Å². The summed E-state index contributed by atoms with van der Waals surface area (Å²) in [6.45, 7) is 2.24. The average Bonchev–Trinajstić information content (AvgIpc) is 2.81. The van der Waals surface area contributed by atoms with Crippen LogP contribution in [0, 0.1) is 0 Å². The maximum absolute atomic E-state index is 11.5. The van der Waals surface area contributed by atoms with Crippen molar-refractivity contribution in [3.63, 3.8) is 0 Å². The third-order valence-electron chi connectivity index (χ3n) is 2.45. The number of carbonyl (C=O) groups is 1. The molecule has 1 heterocycles. The fraction of sp³-hybridized carbons (Fsp3) is 0.286. The molecule has 0 saturated heterocycles. The predicted octanol–water partition coefficient (Wildman–Crippen LogP) is 3.07. The van der Waals surface area contributed by atoms with Crippen LogP contribution < -0.4 is 4.74 Å². The van der Waals surface area contributed by atoms with Gasteiger partial charge in [-0.15, -0.1) is 11.3 Å². The summed E-state index contributed by atoms with van der Waals surface area (Å²) in [5, 5.41) is 0.779. The number of rotatable bonds is 6. The van der Waals surface area contributed by atoms with Gasteiger partial charge in [0.1, 0.15) is 17.4 Å². The molecule has 100 valence electrons. The fourth-order valence-electron chi connectivity index (χ4n) is 1.63. The van der Waals surface area contributed by atoms with Crippen LogP contribution in [-0.4, -0.2) is 17.9 Å². The van der Waals surface area contributed by atoms with Gasteiger partial charge in [-0.1, -0.05) is 18.2 Å². The molecule has 0 N–H and O–H groups in total. The van der Waals surface area contributed by atoms with Crippen molar-refractivity contribution in [3.8, 4) is 5.75 Å². The van der Waals surface area contributed by atoms with E-state index in [0.717, 1.165) is 10.8 Å². The first-order chi connectivity index (χ1) is 9.20. The molecule has 0 atom stereocenters. The zero-order valence-corrected chi connectivity index (χ0v) is 11.7. The lowest BCUT2D eigenvalue weighted by Crippen LogP contribution is -1.98. The van der Waals surface area contributed by atoms with Crippen molar-refractivity contribution in [1.82, 2.24) is 4.98 Å². The number of hydrogen-bond acceptors (Lipinski definition) is 5. The molecule has 0 amide bonds. The number of nitrogens with zero attached hydrogens (tertiary/aromatic N) is 1. The number of para-hydroxylation sites is 1. The van der Waals surface area contributed by atoms with Gasteiger partial charge in [0.2, 0.25) is 0 Å². The molecule has 0 spiro atoms. The third-order valence-corrected chi connectivity index (χ3v) is 3.62. The van der Waals surface area contributed by atoms with Crippen LogP contribution in [0.3, 0.4) is 0 Å². The number of carbonyl (C=O) groups excluding carboxylic acids is 1. The zero-order valence-electron chi connectivity index (χ0n) is 10.9. The van der Waals surface area contributed by atoms with Crippen LogP contribution >= 0.6 is 11.3 Å². The minimum atomic E-state index is 0.00973. The van der Waals surface area contributed by atoms with E-state index < -0.39 is 0 Å². The van der Waals surface area contributed by atoms with E-state index in [9.17, 15) is 4.79 Å². The van der Waals surface area contributed by atoms with Crippen molar-refractivity contribution >= 4 is 17.1 Å². The van der Waals surface area contributed by atoms with Crippen LogP contribution in [-0.2, 0) is 18.0 Å². The summed E-state index contributed by atoms with van der Waals surface area (Å²) in [5.74, 6) is 0.797. The number of ketones is 1. The SMILES string of the molecule is COCc1nc(COc2ccccc2)sc1C(C)=O. The minimum Gasteiger partial charge on any atom is -0.486 e. The molecule has 1 aromatic heterocycles. The topological polar surface area (TPSA) is 48.4 Å². The molecule has 1 aromatic carbocycles. The number of methoxy groups -OCH3 is 1. The number of benzene rings is 1. The molecule has 19 heavy (non-hydrogen) atoms. The van der Waals surface area contributed by atoms with Crippen molar-refractivity contribution in [2.75, 3.05) is 7.11 Å². The molecular formula is C14H15NO3S. The Hall–Kier alpha value is -1.72. The van der Waals surface area contributed by atoms with Gasteiger partial charge in [0.15, 0.2) is 5.78 Å². The normalized spacial score (nSPS) is 10.4. The monoisotopic (exact) mass is 277 g/mol. The van der Waals surface area contributed by atoms with E-state index >= 15 is 0 Å². The van der Waals surface area contributed by atoms with E-state index in [-0.39, 0.29) is 5.78 Å². The summed E-state index contributed by atoms with van der Waals surface area (Å²) in [5.41, 5.74) is 0.687. The summed E-state index contributed by atoms with van der Waals surface area (Å²) in [4.78, 5) is 16.5. The van der Waals surface area contributed by atoms with E-state index in [1.807, 2.05) is 30.3 Å². The second-order valence-electron chi connectivity index (χ2n) is 3.97. The van der Waals surface area contributed by atoms with Crippen LogP contribution in [0.25, 0.3) is 0 Å². The highest BCUT2D eigenvalue weighted by Crippen LogP contribution is 2.21. The van der Waals surface area contributed by atoms with Gasteiger partial charge in [-0.2, -0.15) is 0 Å². The smallest absolute Gasteiger partial charge is 0.171 e. The van der Waals surface area contributed by atoms with E-state index in [1.165, 1.54) is 18.3 Å². The highest BCUT2D eigenvalue weighted by atomic mass is 32.1. The maximum Gasteiger partial charge on any atom is 0.171 e. The zero-order chi connectivity index (χ0) is 13.7. The highest BCUT2D eigenvalue weighted by molar-refractivity contribution is 7.13. The maximum atomic E-state index is 11.5. The molecule has 0 fully saturated rings. The third kappa shape index (κ3) is 3.62. The van der Waals surface area contributed by atoms with Crippen molar-refractivity contribution in [1.29, 1.82) is 0 Å². The van der Waals surface area contributed by atoms with Gasteiger partial charge >= 0.3 is 0 Å². The molecule has 0 aliphatic heterocycles. The van der Waals surface area contributed by atoms with Gasteiger partial charge < -0.3 is 9.47 Å². The molecule has 2 rings (SSSR count). The molecule has 0 aliphatic rings. The summed E-state index contributed by atoms with van der Waals surface area (Å²) >= 11 is 1.36. The minimum absolute atomic E-state index is 0.00973. The predicted molar refractivity (Wildman–Crippen MR) is 73.6 cm³/mol. The Morgan fingerprint density at radius 3 is 2.63 bits per heavy atom. The standard InChI is InChI=1S/C14H15NO3S/c1-10(16)14-12(8-17-2)15-13(19-14)9-18-11-6-4-3-5-7-11/h3-7H,8-9H2,1-2H3. The first kappa shape index (κ1) is 13.7. The van der Waals surface area contributed by atoms with Crippen molar-refractivity contribution in [2.24, 2.45) is 0 Å². The number of hydrogen-bond donors (Lipinski definition) is 0. The van der Waals surface area contributed by atoms with Gasteiger partial charge in [-0.25, -0.2) is 4.98 Å². The molecule has 5 heteroatoms. The first-order valence-corrected chi connectivity index (χ1v) is 6.68. The Bertz CT molecular complexity index is 551. The van der Waals surface area contributed by atoms with Gasteiger partial charge in [-0.05, 0) is 12.1 Å². The lowest BCUT2D eigenvalue weighted by atomic mass is 10.3. The Morgan fingerprint density at radius 2 is 2.00 bits per heavy atom. The van der Waals surface area contributed by atoms with Crippen LogP contribution in [0.1, 0.15) is 27.3 Å². The van der Waals surface area contributed by atoms with E-state index in [4.69, 9.17) is 9.47 Å². The first-order valence-electron chi connectivity index (χ1n) is 5.87. The van der Waals surface area contributed by atoms with Crippen molar-refractivity contribution < 1.29 is 14.3 Å². The Morgan fingerprint density at radius 1 is 1.26 bits per heavy atom. The van der Waals surface area contributed by atoms with Crippen LogP contribution in [0.15, 0.2) is 30.3 Å². The summed E-state index contributed by atoms with van der Waals surface area (Å²) in [6.07, 6.45) is 0. The molecular weight excluding hydrogens is 262 g/mol. The average molecular weight is 277 g/mol. The number of aromatic nitrogens is 1. The van der Waals surface area contributed by atoms with Gasteiger partial charge in [0.25, 0.3) is 0 Å². The second kappa shape index (κ2) is 6.45. The summed E-state index contributed by atoms with van der Waals surface area (Å²) in [7, 11) is 1.59. The molecule has 0 saturated carbocycles. The lowest BCUT2D eigenvalue weighted by molar-refractivity contribution is 0.101. The van der Waals surface area contributed by atoms with Crippen molar-refractivity contribution in [3.05, 3.63) is 45.9 Å². The molecule has 0 radical (unpaired) electrons. The Balaban J connectivity index is 2.08. The van der Waals surface area contributed by atoms with Crippen LogP contribution in [0.2, 0.25) is 0 Å².